The Balaban J connectivity index is 2.39. The molecular weight excluding hydrogens is 248 g/mol. The van der Waals surface area contributed by atoms with E-state index in [0.717, 1.165) is 0 Å². The second-order valence-electron chi connectivity index (χ2n) is 4.13. The fourth-order valence-corrected chi connectivity index (χ4v) is 1.71. The number of carboxylic acid groups (broad SMARTS) is 1. The highest BCUT2D eigenvalue weighted by atomic mass is 16.4. The van der Waals surface area contributed by atoms with Gasteiger partial charge in [-0.25, -0.2) is 9.48 Å². The molecule has 0 saturated heterocycles. The average Bonchev–Trinajstić information content (AvgIpc) is 2.80. The molecule has 1 heterocycles. The van der Waals surface area contributed by atoms with Crippen molar-refractivity contribution in [3.8, 4) is 0 Å². The van der Waals surface area contributed by atoms with E-state index < -0.39 is 5.97 Å². The largest absolute Gasteiger partial charge is 0.478 e. The van der Waals surface area contributed by atoms with Crippen molar-refractivity contribution in [2.75, 3.05) is 13.6 Å². The van der Waals surface area contributed by atoms with Crippen molar-refractivity contribution >= 4 is 22.9 Å². The topological polar surface area (TPSA) is 88.3 Å². The lowest BCUT2D eigenvalue weighted by Gasteiger charge is -2.14. The molecule has 0 saturated carbocycles. The molecule has 0 unspecified atom stereocenters. The van der Waals surface area contributed by atoms with Crippen molar-refractivity contribution < 1.29 is 14.7 Å². The molecule has 0 aliphatic carbocycles. The normalized spacial score (nSPS) is 10.6. The van der Waals surface area contributed by atoms with E-state index in [1.54, 1.807) is 24.1 Å². The number of fused-ring (bicyclic) bond motifs is 1. The summed E-state index contributed by atoms with van der Waals surface area (Å²) in [5, 5.41) is 16.7. The number of rotatable bonds is 4. The quantitative estimate of drug-likeness (QED) is 0.872. The van der Waals surface area contributed by atoms with Crippen LogP contribution in [0.15, 0.2) is 18.2 Å². The van der Waals surface area contributed by atoms with Gasteiger partial charge in [-0.15, -0.1) is 5.10 Å². The maximum Gasteiger partial charge on any atom is 0.338 e. The fourth-order valence-electron chi connectivity index (χ4n) is 1.71. The van der Waals surface area contributed by atoms with Crippen LogP contribution in [0.1, 0.15) is 17.3 Å². The lowest BCUT2D eigenvalue weighted by molar-refractivity contribution is -0.130. The summed E-state index contributed by atoms with van der Waals surface area (Å²) in [6.07, 6.45) is 0. The predicted molar refractivity (Wildman–Crippen MR) is 67.8 cm³/mol. The van der Waals surface area contributed by atoms with Crippen LogP contribution in [0.25, 0.3) is 11.0 Å². The molecule has 100 valence electrons. The predicted octanol–water partition coefficient (Wildman–Crippen LogP) is 0.608. The third-order valence-corrected chi connectivity index (χ3v) is 2.96. The number of carboxylic acids is 1. The van der Waals surface area contributed by atoms with Crippen molar-refractivity contribution in [3.63, 3.8) is 0 Å². The van der Waals surface area contributed by atoms with Crippen molar-refractivity contribution in [2.24, 2.45) is 0 Å². The number of hydrogen-bond acceptors (Lipinski definition) is 4. The molecule has 0 aliphatic heterocycles. The average molecular weight is 262 g/mol. The molecule has 1 aromatic carbocycles. The zero-order valence-electron chi connectivity index (χ0n) is 10.7. The third kappa shape index (κ3) is 2.40. The number of benzene rings is 1. The molecule has 19 heavy (non-hydrogen) atoms. The molecule has 0 aliphatic rings. The minimum absolute atomic E-state index is 0.0455. The van der Waals surface area contributed by atoms with Crippen LogP contribution < -0.4 is 0 Å². The van der Waals surface area contributed by atoms with Gasteiger partial charge in [0.25, 0.3) is 0 Å². The monoisotopic (exact) mass is 262 g/mol. The standard InChI is InChI=1S/C12H14N4O3/c1-3-15(2)10(17)7-16-9-6-4-5-8(12(18)19)11(9)13-14-16/h4-6H,3,7H2,1-2H3,(H,18,19). The minimum atomic E-state index is -1.06. The number of carbonyl (C=O) groups excluding carboxylic acids is 1. The number of aromatic carboxylic acids is 1. The zero-order chi connectivity index (χ0) is 14.0. The first-order chi connectivity index (χ1) is 9.04. The molecule has 2 rings (SSSR count). The van der Waals surface area contributed by atoms with Crippen LogP contribution in [0.3, 0.4) is 0 Å². The summed E-state index contributed by atoms with van der Waals surface area (Å²) in [7, 11) is 1.70. The van der Waals surface area contributed by atoms with Crippen LogP contribution >= 0.6 is 0 Å². The fraction of sp³-hybridized carbons (Fsp3) is 0.333. The Bertz CT molecular complexity index is 635. The highest BCUT2D eigenvalue weighted by molar-refractivity contribution is 6.00. The first-order valence-corrected chi connectivity index (χ1v) is 5.84. The Hall–Kier alpha value is -2.44. The van der Waals surface area contributed by atoms with Crippen LogP contribution in [0.4, 0.5) is 0 Å². The molecule has 0 spiro atoms. The summed E-state index contributed by atoms with van der Waals surface area (Å²) in [6.45, 7) is 2.52. The number of nitrogens with zero attached hydrogens (tertiary/aromatic N) is 4. The van der Waals surface area contributed by atoms with E-state index in [1.165, 1.54) is 10.7 Å². The number of carbonyl (C=O) groups is 2. The molecule has 0 atom stereocenters. The van der Waals surface area contributed by atoms with Crippen LogP contribution in [-0.2, 0) is 11.3 Å². The van der Waals surface area contributed by atoms with Crippen molar-refractivity contribution in [2.45, 2.75) is 13.5 Å². The van der Waals surface area contributed by atoms with Gasteiger partial charge in [0.2, 0.25) is 5.91 Å². The minimum Gasteiger partial charge on any atom is -0.478 e. The summed E-state index contributed by atoms with van der Waals surface area (Å²) in [5.74, 6) is -1.16. The molecule has 7 nitrogen and oxygen atoms in total. The smallest absolute Gasteiger partial charge is 0.338 e. The molecule has 1 aromatic heterocycles. The molecular formula is C12H14N4O3. The number of amides is 1. The second kappa shape index (κ2) is 5.05. The van der Waals surface area contributed by atoms with Gasteiger partial charge in [0.1, 0.15) is 12.1 Å². The van der Waals surface area contributed by atoms with Gasteiger partial charge in [-0.2, -0.15) is 0 Å². The number of likely N-dealkylation sites (N-methyl/N-ethyl adjacent to an activating group) is 1. The van der Waals surface area contributed by atoms with E-state index in [0.29, 0.717) is 17.6 Å². The second-order valence-corrected chi connectivity index (χ2v) is 4.13. The zero-order valence-corrected chi connectivity index (χ0v) is 10.7. The van der Waals surface area contributed by atoms with Gasteiger partial charge in [0, 0.05) is 13.6 Å². The van der Waals surface area contributed by atoms with Crippen molar-refractivity contribution in [1.82, 2.24) is 19.9 Å². The van der Waals surface area contributed by atoms with Crippen LogP contribution in [0.2, 0.25) is 0 Å². The molecule has 7 heteroatoms. The first kappa shape index (κ1) is 13.0. The summed E-state index contributed by atoms with van der Waals surface area (Å²) in [5.41, 5.74) is 0.916. The Kier molecular flexibility index (Phi) is 3.46. The number of hydrogen-bond donors (Lipinski definition) is 1. The van der Waals surface area contributed by atoms with Gasteiger partial charge in [-0.05, 0) is 19.1 Å². The SMILES string of the molecule is CCN(C)C(=O)Cn1nnc2c(C(=O)O)cccc21. The van der Waals surface area contributed by atoms with E-state index in [9.17, 15) is 9.59 Å². The van der Waals surface area contributed by atoms with Crippen LogP contribution in [0.5, 0.6) is 0 Å². The van der Waals surface area contributed by atoms with E-state index in [2.05, 4.69) is 10.3 Å². The highest BCUT2D eigenvalue weighted by Gasteiger charge is 2.16. The van der Waals surface area contributed by atoms with E-state index in [4.69, 9.17) is 5.11 Å². The van der Waals surface area contributed by atoms with Crippen molar-refractivity contribution in [3.05, 3.63) is 23.8 Å². The molecule has 2 aromatic rings. The lowest BCUT2D eigenvalue weighted by Crippen LogP contribution is -2.30. The van der Waals surface area contributed by atoms with Gasteiger partial charge >= 0.3 is 5.97 Å². The highest BCUT2D eigenvalue weighted by Crippen LogP contribution is 2.16. The van der Waals surface area contributed by atoms with E-state index in [1.807, 2.05) is 6.92 Å². The lowest BCUT2D eigenvalue weighted by atomic mass is 10.2. The van der Waals surface area contributed by atoms with E-state index in [-0.39, 0.29) is 18.0 Å². The Morgan fingerprint density at radius 2 is 2.16 bits per heavy atom. The summed E-state index contributed by atoms with van der Waals surface area (Å²) < 4.78 is 1.41. The summed E-state index contributed by atoms with van der Waals surface area (Å²) in [6, 6.07) is 4.77. The molecule has 1 N–H and O–H groups in total. The van der Waals surface area contributed by atoms with E-state index >= 15 is 0 Å². The van der Waals surface area contributed by atoms with Crippen LogP contribution in [0, 0.1) is 0 Å². The molecule has 0 radical (unpaired) electrons. The van der Waals surface area contributed by atoms with Gasteiger partial charge < -0.3 is 10.0 Å². The number of aromatic nitrogens is 3. The Morgan fingerprint density at radius 3 is 2.79 bits per heavy atom. The summed E-state index contributed by atoms with van der Waals surface area (Å²) in [4.78, 5) is 24.4. The van der Waals surface area contributed by atoms with Gasteiger partial charge in [0.15, 0.2) is 0 Å². The maximum atomic E-state index is 11.8. The van der Waals surface area contributed by atoms with Gasteiger partial charge in [-0.1, -0.05) is 11.3 Å². The van der Waals surface area contributed by atoms with Gasteiger partial charge in [-0.3, -0.25) is 4.79 Å². The molecule has 1 amide bonds. The van der Waals surface area contributed by atoms with Crippen molar-refractivity contribution in [1.29, 1.82) is 0 Å². The first-order valence-electron chi connectivity index (χ1n) is 5.84. The van der Waals surface area contributed by atoms with Crippen LogP contribution in [-0.4, -0.2) is 50.5 Å². The Morgan fingerprint density at radius 1 is 1.42 bits per heavy atom. The molecule has 0 bridgehead atoms. The summed E-state index contributed by atoms with van der Waals surface area (Å²) >= 11 is 0. The maximum absolute atomic E-state index is 11.8. The molecule has 0 fully saturated rings. The Labute approximate surface area is 109 Å². The third-order valence-electron chi connectivity index (χ3n) is 2.96. The van der Waals surface area contributed by atoms with Gasteiger partial charge in [0.05, 0.1) is 11.1 Å².